The summed E-state index contributed by atoms with van der Waals surface area (Å²) >= 11 is 5.82. The molecule has 1 N–H and O–H groups in total. The van der Waals surface area contributed by atoms with Crippen molar-refractivity contribution in [3.63, 3.8) is 0 Å². The molecule has 0 radical (unpaired) electrons. The first-order valence-electron chi connectivity index (χ1n) is 5.58. The number of nitrogens with zero attached hydrogens (tertiary/aromatic N) is 1. The fourth-order valence-electron chi connectivity index (χ4n) is 1.76. The van der Waals surface area contributed by atoms with E-state index in [2.05, 4.69) is 10.3 Å². The Morgan fingerprint density at radius 2 is 1.90 bits per heavy atom. The van der Waals surface area contributed by atoms with Crippen molar-refractivity contribution in [2.45, 2.75) is 12.2 Å². The van der Waals surface area contributed by atoms with Crippen LogP contribution < -0.4 is 5.32 Å². The SMILES string of the molecule is CNC(c1cnc(C(F)(F)F)s1)c1cc(F)c(Cl)cc1F. The molecule has 2 rings (SSSR count). The van der Waals surface area contributed by atoms with Gasteiger partial charge in [0.2, 0.25) is 0 Å². The highest BCUT2D eigenvalue weighted by atomic mass is 35.5. The maximum atomic E-state index is 13.9. The van der Waals surface area contributed by atoms with Gasteiger partial charge in [0, 0.05) is 16.6 Å². The minimum atomic E-state index is -4.58. The van der Waals surface area contributed by atoms with Crippen LogP contribution in [0.3, 0.4) is 0 Å². The summed E-state index contributed by atoms with van der Waals surface area (Å²) in [7, 11) is 1.42. The molecule has 0 aliphatic rings. The standard InChI is InChI=1S/C12H8ClF5N2S/c1-19-10(5-2-8(15)6(13)3-7(5)14)9-4-20-11(21-9)12(16,17)18/h2-4,10,19H,1H3. The summed E-state index contributed by atoms with van der Waals surface area (Å²) in [6, 6.07) is 0.680. The summed E-state index contributed by atoms with van der Waals surface area (Å²) in [6.07, 6.45) is -3.59. The minimum absolute atomic E-state index is 0.116. The maximum absolute atomic E-state index is 13.9. The summed E-state index contributed by atoms with van der Waals surface area (Å²) in [5.41, 5.74) is -0.142. The molecule has 0 bridgehead atoms. The molecule has 0 aliphatic heterocycles. The van der Waals surface area contributed by atoms with Crippen molar-refractivity contribution in [1.82, 2.24) is 10.3 Å². The Kier molecular flexibility index (Phi) is 4.50. The molecule has 1 atom stereocenters. The molecule has 0 saturated heterocycles. The minimum Gasteiger partial charge on any atom is -0.309 e. The fourth-order valence-corrected chi connectivity index (χ4v) is 2.82. The second kappa shape index (κ2) is 5.86. The van der Waals surface area contributed by atoms with Gasteiger partial charge in [0.25, 0.3) is 0 Å². The molecule has 0 aliphatic carbocycles. The van der Waals surface area contributed by atoms with Gasteiger partial charge in [-0.25, -0.2) is 13.8 Å². The number of hydrogen-bond donors (Lipinski definition) is 1. The van der Waals surface area contributed by atoms with Crippen LogP contribution in [0.25, 0.3) is 0 Å². The number of benzene rings is 1. The Hall–Kier alpha value is -1.25. The topological polar surface area (TPSA) is 24.9 Å². The first-order chi connectivity index (χ1) is 9.74. The van der Waals surface area contributed by atoms with Crippen molar-refractivity contribution in [1.29, 1.82) is 0 Å². The summed E-state index contributed by atoms with van der Waals surface area (Å²) < 4.78 is 64.9. The van der Waals surface area contributed by atoms with Gasteiger partial charge in [0.05, 0.1) is 11.1 Å². The van der Waals surface area contributed by atoms with E-state index >= 15 is 0 Å². The summed E-state index contributed by atoms with van der Waals surface area (Å²) in [5, 5.41) is 1.19. The Bertz CT molecular complexity index is 656. The van der Waals surface area contributed by atoms with E-state index in [9.17, 15) is 22.0 Å². The van der Waals surface area contributed by atoms with E-state index < -0.39 is 33.9 Å². The van der Waals surface area contributed by atoms with E-state index in [1.54, 1.807) is 0 Å². The first kappa shape index (κ1) is 16.1. The Morgan fingerprint density at radius 3 is 2.43 bits per heavy atom. The van der Waals surface area contributed by atoms with Crippen molar-refractivity contribution in [2.75, 3.05) is 7.05 Å². The molecular weight excluding hydrogens is 335 g/mol. The van der Waals surface area contributed by atoms with Gasteiger partial charge >= 0.3 is 6.18 Å². The van der Waals surface area contributed by atoms with Gasteiger partial charge in [-0.3, -0.25) is 0 Å². The predicted octanol–water partition coefficient (Wildman–Crippen LogP) is 4.40. The van der Waals surface area contributed by atoms with Crippen LogP contribution in [-0.4, -0.2) is 12.0 Å². The third-order valence-electron chi connectivity index (χ3n) is 2.69. The summed E-state index contributed by atoms with van der Waals surface area (Å²) in [4.78, 5) is 3.38. The van der Waals surface area contributed by atoms with Crippen LogP contribution in [0, 0.1) is 11.6 Å². The molecule has 0 fully saturated rings. The number of halogens is 6. The van der Waals surface area contributed by atoms with Gasteiger partial charge in [-0.2, -0.15) is 13.2 Å². The molecule has 1 unspecified atom stereocenters. The molecule has 0 spiro atoms. The van der Waals surface area contributed by atoms with Crippen LogP contribution in [0.2, 0.25) is 5.02 Å². The average Bonchev–Trinajstić information content (AvgIpc) is 2.86. The number of nitrogens with one attached hydrogen (secondary N) is 1. The zero-order valence-corrected chi connectivity index (χ0v) is 12.0. The van der Waals surface area contributed by atoms with Crippen molar-refractivity contribution >= 4 is 22.9 Å². The highest BCUT2D eigenvalue weighted by Crippen LogP contribution is 2.37. The lowest BCUT2D eigenvalue weighted by Crippen LogP contribution is -2.18. The third kappa shape index (κ3) is 3.33. The van der Waals surface area contributed by atoms with E-state index in [-0.39, 0.29) is 10.4 Å². The lowest BCUT2D eigenvalue weighted by atomic mass is 10.1. The van der Waals surface area contributed by atoms with Crippen LogP contribution in [0.5, 0.6) is 0 Å². The average molecular weight is 343 g/mol. The van der Waals surface area contributed by atoms with Gasteiger partial charge in [-0.15, -0.1) is 11.3 Å². The molecule has 0 amide bonds. The number of aromatic nitrogens is 1. The van der Waals surface area contributed by atoms with Crippen molar-refractivity contribution in [2.24, 2.45) is 0 Å². The zero-order chi connectivity index (χ0) is 15.8. The predicted molar refractivity (Wildman–Crippen MR) is 69.4 cm³/mol. The third-order valence-corrected chi connectivity index (χ3v) is 4.09. The number of hydrogen-bond acceptors (Lipinski definition) is 3. The van der Waals surface area contributed by atoms with Gasteiger partial charge < -0.3 is 5.32 Å². The molecule has 114 valence electrons. The van der Waals surface area contributed by atoms with Crippen molar-refractivity contribution in [3.8, 4) is 0 Å². The molecular formula is C12H8ClF5N2S. The molecule has 1 aromatic carbocycles. The van der Waals surface area contributed by atoms with Crippen molar-refractivity contribution < 1.29 is 22.0 Å². The number of alkyl halides is 3. The summed E-state index contributed by atoms with van der Waals surface area (Å²) in [5.74, 6) is -1.67. The van der Waals surface area contributed by atoms with Gasteiger partial charge in [-0.1, -0.05) is 11.6 Å². The molecule has 1 heterocycles. The smallest absolute Gasteiger partial charge is 0.309 e. The lowest BCUT2D eigenvalue weighted by Gasteiger charge is -2.16. The van der Waals surface area contributed by atoms with Crippen LogP contribution in [0.15, 0.2) is 18.3 Å². The second-order valence-corrected chi connectivity index (χ2v) is 5.54. The van der Waals surface area contributed by atoms with Gasteiger partial charge in [0.15, 0.2) is 5.01 Å². The molecule has 0 saturated carbocycles. The molecule has 2 aromatic rings. The van der Waals surface area contributed by atoms with E-state index in [0.29, 0.717) is 11.3 Å². The Morgan fingerprint density at radius 1 is 1.24 bits per heavy atom. The highest BCUT2D eigenvalue weighted by Gasteiger charge is 2.35. The molecule has 9 heteroatoms. The lowest BCUT2D eigenvalue weighted by molar-refractivity contribution is -0.137. The van der Waals surface area contributed by atoms with Crippen LogP contribution in [0.1, 0.15) is 21.5 Å². The highest BCUT2D eigenvalue weighted by molar-refractivity contribution is 7.11. The van der Waals surface area contributed by atoms with Gasteiger partial charge in [0.1, 0.15) is 11.6 Å². The largest absolute Gasteiger partial charge is 0.443 e. The van der Waals surface area contributed by atoms with E-state index in [1.807, 2.05) is 0 Å². The Labute approximate surface area is 125 Å². The quantitative estimate of drug-likeness (QED) is 0.660. The van der Waals surface area contributed by atoms with E-state index in [4.69, 9.17) is 11.6 Å². The van der Waals surface area contributed by atoms with Crippen molar-refractivity contribution in [3.05, 3.63) is 50.4 Å². The fraction of sp³-hybridized carbons (Fsp3) is 0.250. The zero-order valence-electron chi connectivity index (χ0n) is 10.4. The molecule has 2 nitrogen and oxygen atoms in total. The summed E-state index contributed by atoms with van der Waals surface area (Å²) in [6.45, 7) is 0. The van der Waals surface area contributed by atoms with Gasteiger partial charge in [-0.05, 0) is 19.2 Å². The van der Waals surface area contributed by atoms with E-state index in [1.165, 1.54) is 7.05 Å². The van der Waals surface area contributed by atoms with Crippen LogP contribution in [0.4, 0.5) is 22.0 Å². The second-order valence-electron chi connectivity index (χ2n) is 4.08. The molecule has 1 aromatic heterocycles. The maximum Gasteiger partial charge on any atom is 0.443 e. The monoisotopic (exact) mass is 342 g/mol. The van der Waals surface area contributed by atoms with E-state index in [0.717, 1.165) is 18.3 Å². The van der Waals surface area contributed by atoms with Crippen LogP contribution in [-0.2, 0) is 6.18 Å². The number of thiazole rings is 1. The Balaban J connectivity index is 2.45. The molecule has 21 heavy (non-hydrogen) atoms. The van der Waals surface area contributed by atoms with Crippen LogP contribution >= 0.6 is 22.9 Å². The normalized spacial score (nSPS) is 13.5. The first-order valence-corrected chi connectivity index (χ1v) is 6.78. The number of rotatable bonds is 3.